The summed E-state index contributed by atoms with van der Waals surface area (Å²) in [6.07, 6.45) is -0.116. The number of hydrogen-bond donors (Lipinski definition) is 5. The Bertz CT molecular complexity index is 616. The fraction of sp³-hybridized carbons (Fsp3) is 0.429. The lowest BCUT2D eigenvalue weighted by Gasteiger charge is -2.40. The summed E-state index contributed by atoms with van der Waals surface area (Å²) in [6.45, 7) is 2.65. The standard InChI is InChI=1S/C14H19BN2O6/c1-8(16)17-6-10(7-17)23-11-3-2-9(4-5-15(21)22)13(18)12(11)14(19)20/h2-3,10,16,18,21-22H,4-7H2,1H3,(H,19,20). The van der Waals surface area contributed by atoms with E-state index in [0.717, 1.165) is 0 Å². The molecule has 0 aliphatic carbocycles. The van der Waals surface area contributed by atoms with E-state index in [2.05, 4.69) is 0 Å². The third-order valence-electron chi connectivity index (χ3n) is 3.73. The van der Waals surface area contributed by atoms with Gasteiger partial charge < -0.3 is 29.9 Å². The van der Waals surface area contributed by atoms with Crippen LogP contribution in [0.5, 0.6) is 11.5 Å². The van der Waals surface area contributed by atoms with E-state index in [1.165, 1.54) is 12.1 Å². The fourth-order valence-electron chi connectivity index (χ4n) is 2.37. The number of amidine groups is 1. The minimum atomic E-state index is -1.52. The second-order valence-electron chi connectivity index (χ2n) is 5.50. The second kappa shape index (κ2) is 6.88. The van der Waals surface area contributed by atoms with Gasteiger partial charge in [-0.1, -0.05) is 6.07 Å². The highest BCUT2D eigenvalue weighted by Crippen LogP contribution is 2.33. The molecule has 1 aliphatic rings. The molecular weight excluding hydrogens is 303 g/mol. The molecule has 1 saturated heterocycles. The number of aryl methyl sites for hydroxylation is 1. The van der Waals surface area contributed by atoms with Crippen LogP contribution in [-0.4, -0.2) is 63.3 Å². The molecule has 0 unspecified atom stereocenters. The number of carboxylic acid groups (broad SMARTS) is 1. The predicted octanol–water partition coefficient (Wildman–Crippen LogP) is 0.166. The van der Waals surface area contributed by atoms with Gasteiger partial charge in [-0.2, -0.15) is 0 Å². The molecule has 1 aromatic carbocycles. The molecule has 1 fully saturated rings. The number of aromatic hydroxyl groups is 1. The van der Waals surface area contributed by atoms with Gasteiger partial charge in [0.25, 0.3) is 0 Å². The second-order valence-corrected chi connectivity index (χ2v) is 5.50. The van der Waals surface area contributed by atoms with Crippen LogP contribution in [0, 0.1) is 5.41 Å². The zero-order valence-electron chi connectivity index (χ0n) is 12.7. The lowest BCUT2D eigenvalue weighted by Crippen LogP contribution is -2.55. The van der Waals surface area contributed by atoms with Crippen molar-refractivity contribution in [3.05, 3.63) is 23.3 Å². The minimum absolute atomic E-state index is 0.0109. The SMILES string of the molecule is CC(=N)N1CC(Oc2ccc(CCB(O)O)c(O)c2C(=O)O)C1. The highest BCUT2D eigenvalue weighted by atomic mass is 16.5. The van der Waals surface area contributed by atoms with Crippen molar-refractivity contribution in [2.45, 2.75) is 25.8 Å². The number of phenols is 1. The van der Waals surface area contributed by atoms with Gasteiger partial charge in [0.05, 0.1) is 18.9 Å². The van der Waals surface area contributed by atoms with Crippen molar-refractivity contribution >= 4 is 18.9 Å². The molecule has 2 rings (SSSR count). The normalized spacial score (nSPS) is 14.3. The summed E-state index contributed by atoms with van der Waals surface area (Å²) in [4.78, 5) is 13.2. The van der Waals surface area contributed by atoms with Crippen molar-refractivity contribution in [1.82, 2.24) is 4.90 Å². The molecule has 23 heavy (non-hydrogen) atoms. The molecule has 9 heteroatoms. The molecule has 8 nitrogen and oxygen atoms in total. The predicted molar refractivity (Wildman–Crippen MR) is 83.2 cm³/mol. The summed E-state index contributed by atoms with van der Waals surface area (Å²) in [6, 6.07) is 2.97. The van der Waals surface area contributed by atoms with Crippen molar-refractivity contribution in [1.29, 1.82) is 5.41 Å². The average molecular weight is 322 g/mol. The molecule has 1 heterocycles. The average Bonchev–Trinajstić information content (AvgIpc) is 2.40. The molecule has 1 aliphatic heterocycles. The zero-order chi connectivity index (χ0) is 17.1. The number of carboxylic acids is 1. The molecule has 0 spiro atoms. The van der Waals surface area contributed by atoms with Crippen LogP contribution in [0.25, 0.3) is 0 Å². The minimum Gasteiger partial charge on any atom is -0.507 e. The monoisotopic (exact) mass is 322 g/mol. The molecule has 0 atom stereocenters. The smallest absolute Gasteiger partial charge is 0.451 e. The van der Waals surface area contributed by atoms with Gasteiger partial charge in [0.15, 0.2) is 0 Å². The van der Waals surface area contributed by atoms with E-state index in [1.54, 1.807) is 11.8 Å². The van der Waals surface area contributed by atoms with Crippen molar-refractivity contribution in [3.8, 4) is 11.5 Å². The van der Waals surface area contributed by atoms with E-state index in [4.69, 9.17) is 20.2 Å². The zero-order valence-corrected chi connectivity index (χ0v) is 12.7. The van der Waals surface area contributed by atoms with Gasteiger partial charge in [-0.15, -0.1) is 0 Å². The fourth-order valence-corrected chi connectivity index (χ4v) is 2.37. The van der Waals surface area contributed by atoms with E-state index < -0.39 is 18.8 Å². The van der Waals surface area contributed by atoms with Crippen LogP contribution in [0.4, 0.5) is 0 Å². The van der Waals surface area contributed by atoms with E-state index in [9.17, 15) is 15.0 Å². The van der Waals surface area contributed by atoms with Gasteiger partial charge in [0.1, 0.15) is 23.2 Å². The largest absolute Gasteiger partial charge is 0.507 e. The third kappa shape index (κ3) is 3.94. The summed E-state index contributed by atoms with van der Waals surface area (Å²) in [5, 5.41) is 44.7. The Kier molecular flexibility index (Phi) is 5.12. The summed E-state index contributed by atoms with van der Waals surface area (Å²) >= 11 is 0. The Balaban J connectivity index is 2.15. The van der Waals surface area contributed by atoms with E-state index >= 15 is 0 Å². The van der Waals surface area contributed by atoms with Crippen molar-refractivity contribution in [3.63, 3.8) is 0 Å². The van der Waals surface area contributed by atoms with Crippen molar-refractivity contribution < 1.29 is 29.8 Å². The highest BCUT2D eigenvalue weighted by molar-refractivity contribution is 6.41. The number of hydrogen-bond acceptors (Lipinski definition) is 6. The van der Waals surface area contributed by atoms with Gasteiger partial charge in [-0.25, -0.2) is 4.79 Å². The molecular formula is C14H19BN2O6. The summed E-state index contributed by atoms with van der Waals surface area (Å²) in [7, 11) is -1.52. The maximum absolute atomic E-state index is 11.4. The van der Waals surface area contributed by atoms with Crippen LogP contribution in [0.15, 0.2) is 12.1 Å². The highest BCUT2D eigenvalue weighted by Gasteiger charge is 2.31. The first-order chi connectivity index (χ1) is 10.8. The van der Waals surface area contributed by atoms with Crippen molar-refractivity contribution in [2.75, 3.05) is 13.1 Å². The van der Waals surface area contributed by atoms with Gasteiger partial charge >= 0.3 is 13.1 Å². The number of carbonyl (C=O) groups is 1. The molecule has 0 radical (unpaired) electrons. The lowest BCUT2D eigenvalue weighted by molar-refractivity contribution is 0.0592. The van der Waals surface area contributed by atoms with Crippen LogP contribution in [0.1, 0.15) is 22.8 Å². The van der Waals surface area contributed by atoms with Crippen LogP contribution >= 0.6 is 0 Å². The topological polar surface area (TPSA) is 134 Å². The number of aromatic carboxylic acids is 1. The first-order valence-corrected chi connectivity index (χ1v) is 7.20. The van der Waals surface area contributed by atoms with Crippen molar-refractivity contribution in [2.24, 2.45) is 0 Å². The summed E-state index contributed by atoms with van der Waals surface area (Å²) in [5.74, 6) is -1.25. The number of benzene rings is 1. The Morgan fingerprint density at radius 3 is 2.61 bits per heavy atom. The van der Waals surface area contributed by atoms with E-state index in [-0.39, 0.29) is 30.2 Å². The number of rotatable bonds is 6. The first kappa shape index (κ1) is 17.1. The quantitative estimate of drug-likeness (QED) is 0.286. The maximum atomic E-state index is 11.4. The Hall–Kier alpha value is -2.26. The van der Waals surface area contributed by atoms with Gasteiger partial charge in [0, 0.05) is 0 Å². The Labute approximate surface area is 133 Å². The molecule has 0 amide bonds. The van der Waals surface area contributed by atoms with E-state index in [0.29, 0.717) is 24.5 Å². The summed E-state index contributed by atoms with van der Waals surface area (Å²) in [5.41, 5.74) is -0.0200. The third-order valence-corrected chi connectivity index (χ3v) is 3.73. The number of nitrogens with one attached hydrogen (secondary N) is 1. The molecule has 5 N–H and O–H groups in total. The molecule has 0 bridgehead atoms. The maximum Gasteiger partial charge on any atom is 0.451 e. The van der Waals surface area contributed by atoms with Gasteiger partial charge in [0.2, 0.25) is 0 Å². The Morgan fingerprint density at radius 1 is 1.43 bits per heavy atom. The summed E-state index contributed by atoms with van der Waals surface area (Å²) < 4.78 is 5.61. The van der Waals surface area contributed by atoms with Crippen LogP contribution < -0.4 is 4.74 Å². The molecule has 124 valence electrons. The van der Waals surface area contributed by atoms with E-state index in [1.807, 2.05) is 0 Å². The number of ether oxygens (including phenoxy) is 1. The molecule has 0 aromatic heterocycles. The van der Waals surface area contributed by atoms with Crippen LogP contribution in [0.2, 0.25) is 6.32 Å². The molecule has 1 aromatic rings. The number of nitrogens with zero attached hydrogens (tertiary/aromatic N) is 1. The van der Waals surface area contributed by atoms with Gasteiger partial charge in [-0.05, 0) is 31.3 Å². The number of likely N-dealkylation sites (tertiary alicyclic amines) is 1. The lowest BCUT2D eigenvalue weighted by atomic mass is 9.82. The van der Waals surface area contributed by atoms with Gasteiger partial charge in [-0.3, -0.25) is 5.41 Å². The Morgan fingerprint density at radius 2 is 2.09 bits per heavy atom. The molecule has 0 saturated carbocycles. The van der Waals surface area contributed by atoms with Crippen LogP contribution in [-0.2, 0) is 6.42 Å². The van der Waals surface area contributed by atoms with Crippen LogP contribution in [0.3, 0.4) is 0 Å². The first-order valence-electron chi connectivity index (χ1n) is 7.20.